The van der Waals surface area contributed by atoms with Crippen LogP contribution in [0.3, 0.4) is 0 Å². The summed E-state index contributed by atoms with van der Waals surface area (Å²) >= 11 is 0. The highest BCUT2D eigenvalue weighted by Gasteiger charge is 2.19. The van der Waals surface area contributed by atoms with Gasteiger partial charge in [-0.05, 0) is 6.07 Å². The van der Waals surface area contributed by atoms with E-state index in [1.807, 2.05) is 0 Å². The van der Waals surface area contributed by atoms with Crippen LogP contribution in [0.4, 0.5) is 13.6 Å². The summed E-state index contributed by atoms with van der Waals surface area (Å²) in [5.74, 6) is -2.22. The summed E-state index contributed by atoms with van der Waals surface area (Å²) in [6, 6.07) is 2.80. The molecule has 7 heteroatoms. The molecule has 0 bridgehead atoms. The van der Waals surface area contributed by atoms with Crippen molar-refractivity contribution in [1.29, 1.82) is 0 Å². The zero-order valence-electron chi connectivity index (χ0n) is 9.22. The van der Waals surface area contributed by atoms with E-state index in [0.29, 0.717) is 0 Å². The van der Waals surface area contributed by atoms with Gasteiger partial charge in [-0.25, -0.2) is 8.78 Å². The summed E-state index contributed by atoms with van der Waals surface area (Å²) in [4.78, 5) is 23.0. The highest BCUT2D eigenvalue weighted by Crippen LogP contribution is 2.27. The second-order valence-electron chi connectivity index (χ2n) is 3.87. The van der Waals surface area contributed by atoms with Crippen LogP contribution in [0.25, 0.3) is 15.7 Å². The van der Waals surface area contributed by atoms with Crippen LogP contribution in [0.2, 0.25) is 0 Å². The van der Waals surface area contributed by atoms with E-state index in [1.54, 1.807) is 0 Å². The van der Waals surface area contributed by atoms with Gasteiger partial charge in [-0.1, -0.05) is 0 Å². The second-order valence-corrected chi connectivity index (χ2v) is 5.57. The fourth-order valence-corrected chi connectivity index (χ4v) is 3.24. The van der Waals surface area contributed by atoms with Gasteiger partial charge in [0.2, 0.25) is 0 Å². The van der Waals surface area contributed by atoms with Crippen molar-refractivity contribution in [2.45, 2.75) is 0 Å². The van der Waals surface area contributed by atoms with E-state index in [0.717, 1.165) is 18.2 Å². The molecule has 3 rings (SSSR count). The number of halogens is 2. The Morgan fingerprint density at radius 2 is 1.89 bits per heavy atom. The normalized spacial score (nSPS) is 12.2. The number of benzene rings is 1. The number of aromatic nitrogens is 1. The van der Waals surface area contributed by atoms with Crippen LogP contribution < -0.4 is 10.5 Å². The molecule has 0 aliphatic carbocycles. The third-order valence-corrected chi connectivity index (χ3v) is 4.32. The lowest BCUT2D eigenvalue weighted by Crippen LogP contribution is -2.16. The molecule has 2 heterocycles. The molecule has 96 valence electrons. The molecule has 19 heavy (non-hydrogen) atoms. The number of carbonyl (C=O) groups excluding carboxylic acids is 1. The van der Waals surface area contributed by atoms with Gasteiger partial charge >= 0.3 is 5.30 Å². The van der Waals surface area contributed by atoms with Gasteiger partial charge in [0, 0.05) is 11.5 Å². The fraction of sp³-hybridized carbons (Fsp3) is 0. The maximum atomic E-state index is 13.3. The number of pyridine rings is 1. The van der Waals surface area contributed by atoms with Gasteiger partial charge in [0.05, 0.1) is 28.2 Å². The van der Waals surface area contributed by atoms with Crippen molar-refractivity contribution < 1.29 is 18.7 Å². The van der Waals surface area contributed by atoms with Crippen molar-refractivity contribution in [2.24, 2.45) is 0 Å². The Bertz CT molecular complexity index is 897. The quantitative estimate of drug-likeness (QED) is 0.637. The molecular weight excluding hydrogens is 276 g/mol. The van der Waals surface area contributed by atoms with E-state index in [1.165, 1.54) is 16.0 Å². The van der Waals surface area contributed by atoms with Crippen LogP contribution in [-0.4, -0.2) is 9.70 Å². The molecule has 4 nitrogen and oxygen atoms in total. The Labute approximate surface area is 107 Å². The van der Waals surface area contributed by atoms with Gasteiger partial charge in [-0.3, -0.25) is 9.20 Å². The molecule has 1 unspecified atom stereocenters. The van der Waals surface area contributed by atoms with Crippen molar-refractivity contribution in [3.63, 3.8) is 0 Å². The average molecular weight is 281 g/mol. The lowest BCUT2D eigenvalue weighted by atomic mass is 10.2. The molecule has 2 aromatic heterocycles. The number of nitrogens with zero attached hydrogens (tertiary/aromatic N) is 1. The van der Waals surface area contributed by atoms with E-state index in [4.69, 9.17) is 0 Å². The molecule has 3 aromatic rings. The predicted molar refractivity (Wildman–Crippen MR) is 64.4 cm³/mol. The molecular formula is C12H5F2NO3S. The first-order chi connectivity index (χ1) is 8.99. The van der Waals surface area contributed by atoms with Crippen molar-refractivity contribution in [3.8, 4) is 0 Å². The minimum absolute atomic E-state index is 0.00361. The minimum Gasteiger partial charge on any atom is -0.500 e. The van der Waals surface area contributed by atoms with Gasteiger partial charge < -0.3 is 9.90 Å². The lowest BCUT2D eigenvalue weighted by Gasteiger charge is -2.01. The Hall–Kier alpha value is -2.28. The first-order valence-corrected chi connectivity index (χ1v) is 6.44. The van der Waals surface area contributed by atoms with Crippen LogP contribution in [0.15, 0.2) is 34.6 Å². The SMILES string of the molecule is O=C([O-])[s+]1ccn2c3cc(F)c(F)cc3c(=O)cc21. The van der Waals surface area contributed by atoms with Crippen molar-refractivity contribution in [1.82, 2.24) is 4.40 Å². The third-order valence-electron chi connectivity index (χ3n) is 2.81. The van der Waals surface area contributed by atoms with Gasteiger partial charge in [0.1, 0.15) is 0 Å². The second kappa shape index (κ2) is 3.86. The number of hydrogen-bond acceptors (Lipinski definition) is 3. The number of hydrogen-bond donors (Lipinski definition) is 0. The number of carbonyl (C=O) groups is 1. The van der Waals surface area contributed by atoms with Gasteiger partial charge in [0.15, 0.2) is 22.4 Å². The highest BCUT2D eigenvalue weighted by molar-refractivity contribution is 7.53. The molecule has 0 aliphatic heterocycles. The van der Waals surface area contributed by atoms with Gasteiger partial charge in [0.25, 0.3) is 4.83 Å². The van der Waals surface area contributed by atoms with Crippen LogP contribution in [0.1, 0.15) is 0 Å². The molecule has 0 saturated heterocycles. The maximum absolute atomic E-state index is 13.3. The Morgan fingerprint density at radius 3 is 2.58 bits per heavy atom. The van der Waals surface area contributed by atoms with E-state index in [9.17, 15) is 23.5 Å². The Kier molecular flexibility index (Phi) is 2.39. The summed E-state index contributed by atoms with van der Waals surface area (Å²) in [6.07, 6.45) is 1.41. The zero-order valence-corrected chi connectivity index (χ0v) is 10.0. The molecule has 1 aromatic carbocycles. The van der Waals surface area contributed by atoms with Crippen molar-refractivity contribution in [2.75, 3.05) is 0 Å². The number of fused-ring (bicyclic) bond motifs is 3. The molecule has 0 saturated carbocycles. The number of rotatable bonds is 1. The lowest BCUT2D eigenvalue weighted by molar-refractivity contribution is -0.233. The smallest absolute Gasteiger partial charge is 0.302 e. The number of thiazole rings is 1. The molecule has 0 N–H and O–H groups in total. The average Bonchev–Trinajstić information content (AvgIpc) is 2.75. The van der Waals surface area contributed by atoms with E-state index < -0.39 is 32.8 Å². The summed E-state index contributed by atoms with van der Waals surface area (Å²) < 4.78 is 27.8. The minimum atomic E-state index is -1.36. The maximum Gasteiger partial charge on any atom is 0.302 e. The topological polar surface area (TPSA) is 61.6 Å². The summed E-state index contributed by atoms with van der Waals surface area (Å²) in [5, 5.41) is 11.0. The monoisotopic (exact) mass is 281 g/mol. The van der Waals surface area contributed by atoms with Crippen molar-refractivity contribution >= 4 is 31.5 Å². The highest BCUT2D eigenvalue weighted by atomic mass is 32.2. The van der Waals surface area contributed by atoms with Crippen LogP contribution >= 0.6 is 10.5 Å². The largest absolute Gasteiger partial charge is 0.500 e. The van der Waals surface area contributed by atoms with E-state index in [2.05, 4.69) is 0 Å². The first kappa shape index (κ1) is 11.8. The van der Waals surface area contributed by atoms with Gasteiger partial charge in [-0.15, -0.1) is 0 Å². The molecule has 1 atom stereocenters. The zero-order chi connectivity index (χ0) is 13.7. The summed E-state index contributed by atoms with van der Waals surface area (Å²) in [5.41, 5.74) is -0.420. The molecule has 0 fully saturated rings. The fourth-order valence-electron chi connectivity index (χ4n) is 1.97. The summed E-state index contributed by atoms with van der Waals surface area (Å²) in [6.45, 7) is 0. The van der Waals surface area contributed by atoms with Crippen LogP contribution in [0, 0.1) is 11.6 Å². The molecule has 0 radical (unpaired) electrons. The summed E-state index contributed by atoms with van der Waals surface area (Å²) in [7, 11) is -1.36. The van der Waals surface area contributed by atoms with Crippen LogP contribution in [-0.2, 0) is 0 Å². The molecule has 0 spiro atoms. The van der Waals surface area contributed by atoms with Gasteiger partial charge in [-0.2, -0.15) is 0 Å². The Balaban J connectivity index is 2.57. The standard InChI is InChI=1S/C12H5F2NO3S/c13-7-3-6-9(4-8(7)14)15-1-2-19(12(17)18)11(15)5-10(6)16/h1-5H. The Morgan fingerprint density at radius 1 is 1.21 bits per heavy atom. The molecule has 0 amide bonds. The molecule has 0 aliphatic rings. The van der Waals surface area contributed by atoms with E-state index >= 15 is 0 Å². The first-order valence-electron chi connectivity index (χ1n) is 5.16. The van der Waals surface area contributed by atoms with Crippen LogP contribution in [0.5, 0.6) is 0 Å². The third kappa shape index (κ3) is 1.62. The predicted octanol–water partition coefficient (Wildman–Crippen LogP) is 1.67. The van der Waals surface area contributed by atoms with Crippen molar-refractivity contribution in [3.05, 3.63) is 51.6 Å². The number of carboxylic acid groups (broad SMARTS) is 1. The van der Waals surface area contributed by atoms with E-state index in [-0.39, 0.29) is 15.7 Å².